The van der Waals surface area contributed by atoms with Crippen molar-refractivity contribution in [1.29, 1.82) is 0 Å². The molecule has 0 unspecified atom stereocenters. The van der Waals surface area contributed by atoms with Gasteiger partial charge >= 0.3 is 6.03 Å². The first kappa shape index (κ1) is 14.6. The first-order valence-corrected chi connectivity index (χ1v) is 6.88. The lowest BCUT2D eigenvalue weighted by atomic mass is 10.1. The Kier molecular flexibility index (Phi) is 5.61. The molecule has 110 valence electrons. The van der Waals surface area contributed by atoms with Crippen molar-refractivity contribution in [2.45, 2.75) is 18.9 Å². The zero-order valence-electron chi connectivity index (χ0n) is 11.7. The standard InChI is InChI=1S/C14H21N3O3/c1-19-10-7-16-14(18)17-8-4-12(5-9-17)20-13-3-2-6-15-11-13/h2-3,6,11-12H,4-5,7-10H2,1H3,(H,16,18). The van der Waals surface area contributed by atoms with E-state index in [2.05, 4.69) is 10.3 Å². The summed E-state index contributed by atoms with van der Waals surface area (Å²) in [6.07, 6.45) is 5.27. The Morgan fingerprint density at radius 1 is 1.50 bits per heavy atom. The molecule has 0 aromatic carbocycles. The third-order valence-electron chi connectivity index (χ3n) is 3.25. The lowest BCUT2D eigenvalue weighted by molar-refractivity contribution is 0.109. The third-order valence-corrected chi connectivity index (χ3v) is 3.25. The highest BCUT2D eigenvalue weighted by atomic mass is 16.5. The maximum absolute atomic E-state index is 11.8. The first-order valence-electron chi connectivity index (χ1n) is 6.88. The molecule has 2 amide bonds. The molecule has 1 aromatic rings. The fourth-order valence-electron chi connectivity index (χ4n) is 2.16. The van der Waals surface area contributed by atoms with Gasteiger partial charge in [0.25, 0.3) is 0 Å². The van der Waals surface area contributed by atoms with Crippen molar-refractivity contribution in [3.05, 3.63) is 24.5 Å². The molecule has 1 N–H and O–H groups in total. The third kappa shape index (κ3) is 4.38. The number of methoxy groups -OCH3 is 1. The number of carbonyl (C=O) groups excluding carboxylic acids is 1. The van der Waals surface area contributed by atoms with E-state index in [1.807, 2.05) is 17.0 Å². The number of nitrogens with one attached hydrogen (secondary N) is 1. The van der Waals surface area contributed by atoms with Gasteiger partial charge in [-0.05, 0) is 12.1 Å². The minimum absolute atomic E-state index is 0.0260. The molecule has 0 aliphatic carbocycles. The second-order valence-electron chi connectivity index (χ2n) is 4.72. The Morgan fingerprint density at radius 2 is 2.30 bits per heavy atom. The van der Waals surface area contributed by atoms with E-state index in [1.165, 1.54) is 0 Å². The quantitative estimate of drug-likeness (QED) is 0.825. The topological polar surface area (TPSA) is 63.7 Å². The molecule has 6 heteroatoms. The first-order chi connectivity index (χ1) is 9.79. The van der Waals surface area contributed by atoms with Crippen LogP contribution in [-0.2, 0) is 4.74 Å². The molecule has 0 bridgehead atoms. The zero-order valence-corrected chi connectivity index (χ0v) is 11.7. The van der Waals surface area contributed by atoms with Gasteiger partial charge in [0, 0.05) is 45.8 Å². The molecule has 1 fully saturated rings. The minimum atomic E-state index is -0.0260. The number of hydrogen-bond acceptors (Lipinski definition) is 4. The molecule has 2 rings (SSSR count). The van der Waals surface area contributed by atoms with Crippen LogP contribution in [0.4, 0.5) is 4.79 Å². The van der Waals surface area contributed by atoms with Crippen molar-refractivity contribution in [3.63, 3.8) is 0 Å². The van der Waals surface area contributed by atoms with E-state index in [0.717, 1.165) is 18.6 Å². The summed E-state index contributed by atoms with van der Waals surface area (Å²) in [4.78, 5) is 17.7. The van der Waals surface area contributed by atoms with Crippen molar-refractivity contribution in [2.24, 2.45) is 0 Å². The average Bonchev–Trinajstić information content (AvgIpc) is 2.49. The SMILES string of the molecule is COCCNC(=O)N1CCC(Oc2cccnc2)CC1. The van der Waals surface area contributed by atoms with E-state index >= 15 is 0 Å². The van der Waals surface area contributed by atoms with E-state index in [9.17, 15) is 4.79 Å². The molecule has 1 aliphatic rings. The van der Waals surface area contributed by atoms with Gasteiger partial charge in [0.1, 0.15) is 11.9 Å². The fourth-order valence-corrected chi connectivity index (χ4v) is 2.16. The predicted molar refractivity (Wildman–Crippen MR) is 74.7 cm³/mol. The summed E-state index contributed by atoms with van der Waals surface area (Å²) in [6.45, 7) is 2.50. The lowest BCUT2D eigenvalue weighted by Crippen LogP contribution is -2.47. The zero-order chi connectivity index (χ0) is 14.2. The molecule has 6 nitrogen and oxygen atoms in total. The average molecular weight is 279 g/mol. The number of ether oxygens (including phenoxy) is 2. The Hall–Kier alpha value is -1.82. The van der Waals surface area contributed by atoms with Gasteiger partial charge in [-0.15, -0.1) is 0 Å². The molecule has 20 heavy (non-hydrogen) atoms. The summed E-state index contributed by atoms with van der Waals surface area (Å²) in [7, 11) is 1.62. The summed E-state index contributed by atoms with van der Waals surface area (Å²) in [5.41, 5.74) is 0. The Bertz CT molecular complexity index is 405. The molecule has 0 atom stereocenters. The van der Waals surface area contributed by atoms with E-state index < -0.39 is 0 Å². The van der Waals surface area contributed by atoms with Crippen molar-refractivity contribution in [1.82, 2.24) is 15.2 Å². The van der Waals surface area contributed by atoms with Crippen molar-refractivity contribution in [2.75, 3.05) is 33.4 Å². The van der Waals surface area contributed by atoms with Crippen LogP contribution in [0.5, 0.6) is 5.75 Å². The van der Waals surface area contributed by atoms with E-state index in [1.54, 1.807) is 19.5 Å². The van der Waals surface area contributed by atoms with Crippen LogP contribution < -0.4 is 10.1 Å². The predicted octanol–water partition coefficient (Wildman–Crippen LogP) is 1.28. The molecule has 1 saturated heterocycles. The summed E-state index contributed by atoms with van der Waals surface area (Å²) >= 11 is 0. The van der Waals surface area contributed by atoms with Crippen molar-refractivity contribution in [3.8, 4) is 5.75 Å². The number of piperidine rings is 1. The number of hydrogen-bond donors (Lipinski definition) is 1. The van der Waals surface area contributed by atoms with Gasteiger partial charge in [-0.2, -0.15) is 0 Å². The Labute approximate surface area is 119 Å². The van der Waals surface area contributed by atoms with Crippen LogP contribution in [0, 0.1) is 0 Å². The molecule has 0 saturated carbocycles. The van der Waals surface area contributed by atoms with Gasteiger partial charge < -0.3 is 19.7 Å². The highest BCUT2D eigenvalue weighted by Crippen LogP contribution is 2.17. The Balaban J connectivity index is 1.71. The van der Waals surface area contributed by atoms with Crippen molar-refractivity contribution >= 4 is 6.03 Å². The highest BCUT2D eigenvalue weighted by Gasteiger charge is 2.23. The van der Waals surface area contributed by atoms with Crippen LogP contribution in [0.2, 0.25) is 0 Å². The van der Waals surface area contributed by atoms with Gasteiger partial charge in [0.2, 0.25) is 0 Å². The van der Waals surface area contributed by atoms with Crippen LogP contribution in [0.25, 0.3) is 0 Å². The number of urea groups is 1. The lowest BCUT2D eigenvalue weighted by Gasteiger charge is -2.32. The molecule has 1 aliphatic heterocycles. The second kappa shape index (κ2) is 7.69. The number of rotatable bonds is 5. The minimum Gasteiger partial charge on any atom is -0.489 e. The summed E-state index contributed by atoms with van der Waals surface area (Å²) in [6, 6.07) is 3.73. The number of amides is 2. The maximum Gasteiger partial charge on any atom is 0.317 e. The molecule has 0 radical (unpaired) electrons. The summed E-state index contributed by atoms with van der Waals surface area (Å²) in [5, 5.41) is 2.83. The molecule has 1 aromatic heterocycles. The molecule has 0 spiro atoms. The molecular weight excluding hydrogens is 258 g/mol. The van der Waals surface area contributed by atoms with E-state index in [4.69, 9.17) is 9.47 Å². The summed E-state index contributed by atoms with van der Waals surface area (Å²) < 4.78 is 10.7. The van der Waals surface area contributed by atoms with E-state index in [-0.39, 0.29) is 12.1 Å². The van der Waals surface area contributed by atoms with Gasteiger partial charge in [-0.1, -0.05) is 0 Å². The van der Waals surface area contributed by atoms with Crippen LogP contribution in [0.3, 0.4) is 0 Å². The normalized spacial score (nSPS) is 15.9. The highest BCUT2D eigenvalue weighted by molar-refractivity contribution is 5.74. The number of carbonyl (C=O) groups is 1. The van der Waals surface area contributed by atoms with E-state index in [0.29, 0.717) is 26.2 Å². The van der Waals surface area contributed by atoms with Gasteiger partial charge in [0.05, 0.1) is 12.8 Å². The Morgan fingerprint density at radius 3 is 2.95 bits per heavy atom. The monoisotopic (exact) mass is 279 g/mol. The van der Waals surface area contributed by atoms with Gasteiger partial charge in [0.15, 0.2) is 0 Å². The van der Waals surface area contributed by atoms with Gasteiger partial charge in [-0.3, -0.25) is 4.98 Å². The molecule has 2 heterocycles. The second-order valence-corrected chi connectivity index (χ2v) is 4.72. The van der Waals surface area contributed by atoms with Crippen molar-refractivity contribution < 1.29 is 14.3 Å². The fraction of sp³-hybridized carbons (Fsp3) is 0.571. The largest absolute Gasteiger partial charge is 0.489 e. The number of likely N-dealkylation sites (tertiary alicyclic amines) is 1. The van der Waals surface area contributed by atoms with Crippen LogP contribution in [0.1, 0.15) is 12.8 Å². The maximum atomic E-state index is 11.8. The van der Waals surface area contributed by atoms with Crippen LogP contribution in [-0.4, -0.2) is 55.4 Å². The summed E-state index contributed by atoms with van der Waals surface area (Å²) in [5.74, 6) is 0.787. The number of pyridine rings is 1. The van der Waals surface area contributed by atoms with Gasteiger partial charge in [-0.25, -0.2) is 4.79 Å². The van der Waals surface area contributed by atoms with Crippen LogP contribution >= 0.6 is 0 Å². The number of nitrogens with zero attached hydrogens (tertiary/aromatic N) is 2. The smallest absolute Gasteiger partial charge is 0.317 e. The number of aromatic nitrogens is 1. The molecular formula is C14H21N3O3. The van der Waals surface area contributed by atoms with Crippen LogP contribution in [0.15, 0.2) is 24.5 Å².